The number of para-hydroxylation sites is 1. The number of ketones is 1. The van der Waals surface area contributed by atoms with Crippen LogP contribution in [0.5, 0.6) is 0 Å². The summed E-state index contributed by atoms with van der Waals surface area (Å²) in [5, 5.41) is 0.489. The second kappa shape index (κ2) is 8.71. The third-order valence-electron chi connectivity index (χ3n) is 7.41. The number of methoxy groups -OCH3 is 1. The van der Waals surface area contributed by atoms with Crippen LogP contribution in [0.25, 0.3) is 6.08 Å². The van der Waals surface area contributed by atoms with Crippen LogP contribution in [0.1, 0.15) is 37.9 Å². The Morgan fingerprint density at radius 2 is 1.54 bits per heavy atom. The van der Waals surface area contributed by atoms with Crippen molar-refractivity contribution in [3.63, 3.8) is 0 Å². The van der Waals surface area contributed by atoms with E-state index >= 15 is 0 Å². The molecule has 0 saturated carbocycles. The summed E-state index contributed by atoms with van der Waals surface area (Å²) in [6.45, 7) is 0. The molecule has 6 rings (SSSR count). The van der Waals surface area contributed by atoms with Crippen LogP contribution in [-0.2, 0) is 14.3 Å². The van der Waals surface area contributed by atoms with Crippen molar-refractivity contribution >= 4 is 46.9 Å². The zero-order valence-corrected chi connectivity index (χ0v) is 20.5. The third kappa shape index (κ3) is 3.42. The van der Waals surface area contributed by atoms with Gasteiger partial charge < -0.3 is 9.64 Å². The third-order valence-corrected chi connectivity index (χ3v) is 7.66. The maximum Gasteiger partial charge on any atom is 0.339 e. The minimum absolute atomic E-state index is 0.105. The molecule has 2 amide bonds. The molecule has 37 heavy (non-hydrogen) atoms. The average molecular weight is 513 g/mol. The highest BCUT2D eigenvalue weighted by Crippen LogP contribution is 2.54. The van der Waals surface area contributed by atoms with E-state index in [0.717, 1.165) is 16.0 Å². The van der Waals surface area contributed by atoms with Gasteiger partial charge in [-0.2, -0.15) is 0 Å². The van der Waals surface area contributed by atoms with E-state index in [9.17, 15) is 19.2 Å². The number of amides is 2. The molecule has 0 aromatic heterocycles. The second-order valence-electron chi connectivity index (χ2n) is 9.22. The van der Waals surface area contributed by atoms with Crippen LogP contribution in [0.15, 0.2) is 79.0 Å². The summed E-state index contributed by atoms with van der Waals surface area (Å²) in [6.07, 6.45) is 3.70. The lowest BCUT2D eigenvalue weighted by Crippen LogP contribution is -2.44. The van der Waals surface area contributed by atoms with Gasteiger partial charge >= 0.3 is 5.97 Å². The van der Waals surface area contributed by atoms with E-state index < -0.39 is 41.7 Å². The van der Waals surface area contributed by atoms with Crippen LogP contribution in [0.4, 0.5) is 5.69 Å². The molecule has 8 heteroatoms. The first-order valence-electron chi connectivity index (χ1n) is 11.8. The number of rotatable bonds is 4. The summed E-state index contributed by atoms with van der Waals surface area (Å²) in [5.74, 6) is -3.65. The molecule has 2 saturated heterocycles. The van der Waals surface area contributed by atoms with Gasteiger partial charge in [0, 0.05) is 16.8 Å². The van der Waals surface area contributed by atoms with Crippen molar-refractivity contribution in [1.82, 2.24) is 4.90 Å². The van der Waals surface area contributed by atoms with Gasteiger partial charge in [-0.1, -0.05) is 48.0 Å². The van der Waals surface area contributed by atoms with E-state index in [1.165, 1.54) is 13.2 Å². The fraction of sp³-hybridized carbons (Fsp3) is 0.172. The highest BCUT2D eigenvalue weighted by atomic mass is 35.5. The van der Waals surface area contributed by atoms with Crippen LogP contribution < -0.4 is 4.90 Å². The van der Waals surface area contributed by atoms with E-state index in [1.54, 1.807) is 48.7 Å². The zero-order chi connectivity index (χ0) is 25.8. The number of carbonyl (C=O) groups excluding carboxylic acids is 4. The monoisotopic (exact) mass is 512 g/mol. The number of imide groups is 1. The number of hydrogen-bond donors (Lipinski definition) is 0. The molecule has 0 N–H and O–H groups in total. The van der Waals surface area contributed by atoms with Gasteiger partial charge in [0.2, 0.25) is 11.8 Å². The Hall–Kier alpha value is -4.23. The molecular weight excluding hydrogens is 492 g/mol. The van der Waals surface area contributed by atoms with Crippen molar-refractivity contribution in [2.45, 2.75) is 12.1 Å². The predicted molar refractivity (Wildman–Crippen MR) is 137 cm³/mol. The van der Waals surface area contributed by atoms with Gasteiger partial charge in [0.1, 0.15) is 6.04 Å². The first-order chi connectivity index (χ1) is 17.9. The second-order valence-corrected chi connectivity index (χ2v) is 9.66. The molecule has 1 unspecified atom stereocenters. The normalized spacial score (nSPS) is 23.5. The molecule has 3 aromatic rings. The molecule has 0 radical (unpaired) electrons. The predicted octanol–water partition coefficient (Wildman–Crippen LogP) is 4.52. The fourth-order valence-corrected chi connectivity index (χ4v) is 5.96. The number of benzene rings is 3. The number of Topliss-reactive ketones (excluding diaryl/α,β-unsaturated/α-hetero) is 1. The van der Waals surface area contributed by atoms with Crippen molar-refractivity contribution in [3.05, 3.63) is 106 Å². The lowest BCUT2D eigenvalue weighted by Gasteiger charge is -2.35. The zero-order valence-electron chi connectivity index (χ0n) is 19.7. The van der Waals surface area contributed by atoms with E-state index in [1.807, 2.05) is 35.2 Å². The Morgan fingerprint density at radius 1 is 0.865 bits per heavy atom. The molecule has 3 heterocycles. The molecule has 0 bridgehead atoms. The largest absolute Gasteiger partial charge is 0.465 e. The quantitative estimate of drug-likeness (QED) is 0.290. The summed E-state index contributed by atoms with van der Waals surface area (Å²) >= 11 is 6.04. The molecule has 0 aliphatic carbocycles. The summed E-state index contributed by atoms with van der Waals surface area (Å²) < 4.78 is 4.89. The highest BCUT2D eigenvalue weighted by molar-refractivity contribution is 6.30. The summed E-state index contributed by atoms with van der Waals surface area (Å²) in [4.78, 5) is 57.4. The lowest BCUT2D eigenvalue weighted by molar-refractivity contribution is -0.123. The van der Waals surface area contributed by atoms with Crippen molar-refractivity contribution in [2.75, 3.05) is 12.0 Å². The minimum Gasteiger partial charge on any atom is -0.465 e. The van der Waals surface area contributed by atoms with Crippen molar-refractivity contribution in [3.8, 4) is 0 Å². The Morgan fingerprint density at radius 3 is 2.30 bits per heavy atom. The minimum atomic E-state index is -0.942. The fourth-order valence-electron chi connectivity index (χ4n) is 5.83. The lowest BCUT2D eigenvalue weighted by atomic mass is 9.83. The van der Waals surface area contributed by atoms with Gasteiger partial charge in [0.25, 0.3) is 0 Å². The number of ether oxygens (including phenoxy) is 1. The van der Waals surface area contributed by atoms with E-state index in [0.29, 0.717) is 10.6 Å². The molecule has 0 spiro atoms. The Balaban J connectivity index is 1.50. The average Bonchev–Trinajstić information content (AvgIpc) is 3.40. The number of hydrogen-bond acceptors (Lipinski definition) is 6. The van der Waals surface area contributed by atoms with Gasteiger partial charge in [-0.05, 0) is 53.6 Å². The van der Waals surface area contributed by atoms with E-state index in [2.05, 4.69) is 0 Å². The van der Waals surface area contributed by atoms with Crippen LogP contribution >= 0.6 is 11.6 Å². The number of esters is 1. The first kappa shape index (κ1) is 23.2. The molecule has 3 aromatic carbocycles. The molecule has 4 atom stereocenters. The van der Waals surface area contributed by atoms with Gasteiger partial charge in [-0.15, -0.1) is 0 Å². The summed E-state index contributed by atoms with van der Waals surface area (Å²) in [7, 11) is 1.24. The maximum atomic E-state index is 14.0. The highest BCUT2D eigenvalue weighted by Gasteiger charge is 2.64. The van der Waals surface area contributed by atoms with Gasteiger partial charge in [-0.3, -0.25) is 14.4 Å². The van der Waals surface area contributed by atoms with Gasteiger partial charge in [0.15, 0.2) is 5.78 Å². The van der Waals surface area contributed by atoms with E-state index in [-0.39, 0.29) is 17.0 Å². The topological polar surface area (TPSA) is 84.0 Å². The number of nitrogens with zero attached hydrogens (tertiary/aromatic N) is 2. The Labute approximate surface area is 217 Å². The molecule has 3 aliphatic heterocycles. The number of halogens is 1. The van der Waals surface area contributed by atoms with Crippen molar-refractivity contribution in [1.29, 1.82) is 0 Å². The van der Waals surface area contributed by atoms with Crippen LogP contribution in [0.2, 0.25) is 5.02 Å². The summed E-state index contributed by atoms with van der Waals surface area (Å²) in [5.41, 5.74) is 2.46. The summed E-state index contributed by atoms with van der Waals surface area (Å²) in [6, 6.07) is 19.1. The molecule has 184 valence electrons. The SMILES string of the molecule is COC(=O)c1ccccc1N1C(=O)[C@@H]2[C@H](C1=O)C1c3ccccc3C=CN1[C@@H]2C(=O)c1ccc(Cl)cc1. The number of carbonyl (C=O) groups is 4. The number of anilines is 1. The van der Waals surface area contributed by atoms with Gasteiger partial charge in [0.05, 0.1) is 36.2 Å². The smallest absolute Gasteiger partial charge is 0.339 e. The van der Waals surface area contributed by atoms with Gasteiger partial charge in [-0.25, -0.2) is 9.69 Å². The molecular formula is C29H21ClN2O5. The first-order valence-corrected chi connectivity index (χ1v) is 12.2. The van der Waals surface area contributed by atoms with Crippen LogP contribution in [0.3, 0.4) is 0 Å². The maximum absolute atomic E-state index is 14.0. The van der Waals surface area contributed by atoms with E-state index in [4.69, 9.17) is 16.3 Å². The van der Waals surface area contributed by atoms with Crippen LogP contribution in [-0.4, -0.2) is 41.6 Å². The molecule has 3 aliphatic rings. The molecule has 2 fully saturated rings. The number of fused-ring (bicyclic) bond motifs is 5. The Bertz CT molecular complexity index is 1500. The van der Waals surface area contributed by atoms with Crippen LogP contribution in [0, 0.1) is 11.8 Å². The standard InChI is InChI=1S/C29H21ClN2O5/c1-37-29(36)20-8-4-5-9-21(20)32-27(34)22-23(28(32)35)25(26(33)17-10-12-18(30)13-11-17)31-15-14-16-6-2-3-7-19(16)24(22)31/h2-15,22-25H,1H3/t22-,23+,24?,25-/m0/s1. The van der Waals surface area contributed by atoms with Crippen molar-refractivity contribution < 1.29 is 23.9 Å². The molecule has 7 nitrogen and oxygen atoms in total. The Kier molecular flexibility index (Phi) is 5.46. The van der Waals surface area contributed by atoms with Crippen molar-refractivity contribution in [2.24, 2.45) is 11.8 Å².